The van der Waals surface area contributed by atoms with Crippen LogP contribution in [0.15, 0.2) is 49.3 Å². The van der Waals surface area contributed by atoms with Crippen molar-refractivity contribution in [3.05, 3.63) is 54.3 Å². The van der Waals surface area contributed by atoms with Crippen LogP contribution in [-0.2, 0) is 4.79 Å². The predicted molar refractivity (Wildman–Crippen MR) is 120 cm³/mol. The van der Waals surface area contributed by atoms with Gasteiger partial charge in [-0.15, -0.1) is 11.3 Å². The van der Waals surface area contributed by atoms with Gasteiger partial charge < -0.3 is 15.5 Å². The fourth-order valence-electron chi connectivity index (χ4n) is 3.50. The summed E-state index contributed by atoms with van der Waals surface area (Å²) in [5, 5.41) is 7.18. The lowest BCUT2D eigenvalue weighted by Gasteiger charge is -2.29. The van der Waals surface area contributed by atoms with Crippen LogP contribution < -0.4 is 10.6 Å². The van der Waals surface area contributed by atoms with Crippen molar-refractivity contribution in [3.8, 4) is 10.4 Å². The van der Waals surface area contributed by atoms with Crippen molar-refractivity contribution in [2.75, 3.05) is 25.5 Å². The van der Waals surface area contributed by atoms with Crippen LogP contribution in [0, 0.1) is 0 Å². The third-order valence-electron chi connectivity index (χ3n) is 5.22. The molecule has 1 saturated heterocycles. The molecule has 0 radical (unpaired) electrons. The highest BCUT2D eigenvalue weighted by Gasteiger charge is 2.21. The van der Waals surface area contributed by atoms with Crippen molar-refractivity contribution in [1.29, 1.82) is 0 Å². The number of carbonyl (C=O) groups is 2. The number of benzene rings is 1. The maximum absolute atomic E-state index is 12.6. The maximum atomic E-state index is 12.6. The van der Waals surface area contributed by atoms with E-state index < -0.39 is 0 Å². The van der Waals surface area contributed by atoms with Gasteiger partial charge in [-0.25, -0.2) is 4.98 Å². The van der Waals surface area contributed by atoms with Gasteiger partial charge in [0, 0.05) is 23.8 Å². The van der Waals surface area contributed by atoms with Crippen LogP contribution >= 0.6 is 11.3 Å². The zero-order valence-corrected chi connectivity index (χ0v) is 17.5. The van der Waals surface area contributed by atoms with E-state index in [1.807, 2.05) is 18.2 Å². The quantitative estimate of drug-likeness (QED) is 0.617. The van der Waals surface area contributed by atoms with Gasteiger partial charge >= 0.3 is 0 Å². The minimum absolute atomic E-state index is 0.123. The molecule has 1 fully saturated rings. The second-order valence-electron chi connectivity index (χ2n) is 7.36. The largest absolute Gasteiger partial charge is 0.347 e. The predicted octanol–water partition coefficient (Wildman–Crippen LogP) is 3.31. The number of carbonyl (C=O) groups excluding carboxylic acids is 2. The highest BCUT2D eigenvalue weighted by molar-refractivity contribution is 7.17. The minimum Gasteiger partial charge on any atom is -0.347 e. The Morgan fingerprint density at radius 3 is 2.80 bits per heavy atom. The van der Waals surface area contributed by atoms with E-state index in [4.69, 9.17) is 0 Å². The van der Waals surface area contributed by atoms with Crippen LogP contribution in [-0.4, -0.2) is 52.9 Å². The summed E-state index contributed by atoms with van der Waals surface area (Å²) in [5.41, 5.74) is 2.35. The number of piperidine rings is 1. The van der Waals surface area contributed by atoms with Gasteiger partial charge in [0.1, 0.15) is 0 Å². The average molecular weight is 422 g/mol. The molecule has 3 aromatic rings. The van der Waals surface area contributed by atoms with E-state index in [0.29, 0.717) is 10.7 Å². The van der Waals surface area contributed by atoms with E-state index in [9.17, 15) is 9.59 Å². The summed E-state index contributed by atoms with van der Waals surface area (Å²) < 4.78 is 0. The normalized spacial score (nSPS) is 15.1. The number of fused-ring (bicyclic) bond motifs is 1. The van der Waals surface area contributed by atoms with Gasteiger partial charge in [-0.1, -0.05) is 12.6 Å². The molecule has 1 aromatic carbocycles. The number of thiazole rings is 1. The first kappa shape index (κ1) is 20.2. The molecule has 2 amide bonds. The van der Waals surface area contributed by atoms with Gasteiger partial charge in [-0.05, 0) is 62.8 Å². The molecule has 1 aliphatic heterocycles. The summed E-state index contributed by atoms with van der Waals surface area (Å²) in [6, 6.07) is 7.74. The number of nitrogens with one attached hydrogen (secondary N) is 2. The van der Waals surface area contributed by atoms with Crippen molar-refractivity contribution in [3.63, 3.8) is 0 Å². The summed E-state index contributed by atoms with van der Waals surface area (Å²) in [4.78, 5) is 36.2. The molecule has 154 valence electrons. The number of anilines is 1. The lowest BCUT2D eigenvalue weighted by Crippen LogP contribution is -2.43. The van der Waals surface area contributed by atoms with Gasteiger partial charge in [-0.2, -0.15) is 0 Å². The first-order valence-electron chi connectivity index (χ1n) is 9.81. The number of pyridine rings is 1. The molecule has 30 heavy (non-hydrogen) atoms. The number of amides is 2. The van der Waals surface area contributed by atoms with E-state index >= 15 is 0 Å². The summed E-state index contributed by atoms with van der Waals surface area (Å²) in [6.07, 6.45) is 6.51. The first-order valence-corrected chi connectivity index (χ1v) is 10.6. The SMILES string of the molecule is C=CC(=O)Nc1ccnc2ccc(-c3cnc(C(=O)NC4CCN(C)CC4)s3)cc12. The van der Waals surface area contributed by atoms with E-state index in [0.717, 1.165) is 47.3 Å². The van der Waals surface area contributed by atoms with Gasteiger partial charge in [0.25, 0.3) is 5.91 Å². The monoisotopic (exact) mass is 421 g/mol. The highest BCUT2D eigenvalue weighted by Crippen LogP contribution is 2.31. The number of nitrogens with zero attached hydrogens (tertiary/aromatic N) is 3. The van der Waals surface area contributed by atoms with Gasteiger partial charge in [0.05, 0.1) is 16.1 Å². The van der Waals surface area contributed by atoms with Crippen molar-refractivity contribution in [2.24, 2.45) is 0 Å². The zero-order valence-electron chi connectivity index (χ0n) is 16.7. The summed E-state index contributed by atoms with van der Waals surface area (Å²) in [7, 11) is 2.10. The molecule has 8 heteroatoms. The maximum Gasteiger partial charge on any atom is 0.280 e. The second-order valence-corrected chi connectivity index (χ2v) is 8.40. The van der Waals surface area contributed by atoms with Crippen molar-refractivity contribution >= 4 is 39.7 Å². The molecular formula is C22H23N5O2S. The number of hydrogen-bond donors (Lipinski definition) is 2. The summed E-state index contributed by atoms with van der Waals surface area (Å²) >= 11 is 1.36. The minimum atomic E-state index is -0.279. The van der Waals surface area contributed by atoms with Crippen LogP contribution in [0.2, 0.25) is 0 Å². The molecule has 0 saturated carbocycles. The molecule has 0 spiro atoms. The Bertz CT molecular complexity index is 1100. The third-order valence-corrected chi connectivity index (χ3v) is 6.27. The van der Waals surface area contributed by atoms with Gasteiger partial charge in [0.2, 0.25) is 5.91 Å². The Balaban J connectivity index is 1.55. The molecular weight excluding hydrogens is 398 g/mol. The van der Waals surface area contributed by atoms with Crippen LogP contribution in [0.5, 0.6) is 0 Å². The molecule has 0 atom stereocenters. The molecule has 4 rings (SSSR count). The van der Waals surface area contributed by atoms with Crippen LogP contribution in [0.25, 0.3) is 21.3 Å². The van der Waals surface area contributed by atoms with E-state index in [-0.39, 0.29) is 17.9 Å². The summed E-state index contributed by atoms with van der Waals surface area (Å²) in [5.74, 6) is -0.402. The molecule has 2 aromatic heterocycles. The Labute approximate surface area is 178 Å². The molecule has 0 unspecified atom stereocenters. The number of hydrogen-bond acceptors (Lipinski definition) is 6. The Hall–Kier alpha value is -3.10. The van der Waals surface area contributed by atoms with Gasteiger partial charge in [0.15, 0.2) is 5.01 Å². The number of likely N-dealkylation sites (tertiary alicyclic amines) is 1. The second kappa shape index (κ2) is 8.73. The van der Waals surface area contributed by atoms with Crippen LogP contribution in [0.1, 0.15) is 22.6 Å². The molecule has 7 nitrogen and oxygen atoms in total. The van der Waals surface area contributed by atoms with Crippen LogP contribution in [0.4, 0.5) is 5.69 Å². The Morgan fingerprint density at radius 2 is 2.03 bits per heavy atom. The molecule has 1 aliphatic rings. The molecule has 0 aliphatic carbocycles. The lowest BCUT2D eigenvalue weighted by molar-refractivity contribution is -0.111. The van der Waals surface area contributed by atoms with E-state index in [1.54, 1.807) is 18.5 Å². The van der Waals surface area contributed by atoms with Crippen molar-refractivity contribution in [2.45, 2.75) is 18.9 Å². The smallest absolute Gasteiger partial charge is 0.280 e. The van der Waals surface area contributed by atoms with Gasteiger partial charge in [-0.3, -0.25) is 14.6 Å². The Kier molecular flexibility index (Phi) is 5.87. The molecule has 2 N–H and O–H groups in total. The summed E-state index contributed by atoms with van der Waals surface area (Å²) in [6.45, 7) is 5.47. The fourth-order valence-corrected chi connectivity index (χ4v) is 4.32. The standard InChI is InChI=1S/C22H23N5O2S/c1-3-20(28)26-18-6-9-23-17-5-4-14(12-16(17)18)19-13-24-22(30-19)21(29)25-15-7-10-27(2)11-8-15/h3-6,9,12-13,15H,1,7-8,10-11H2,2H3,(H,25,29)(H,23,26,28). The Morgan fingerprint density at radius 1 is 1.23 bits per heavy atom. The lowest BCUT2D eigenvalue weighted by atomic mass is 10.1. The molecule has 0 bridgehead atoms. The molecule has 3 heterocycles. The van der Waals surface area contributed by atoms with Crippen LogP contribution in [0.3, 0.4) is 0 Å². The number of aromatic nitrogens is 2. The van der Waals surface area contributed by atoms with E-state index in [2.05, 4.69) is 39.1 Å². The third kappa shape index (κ3) is 4.39. The van der Waals surface area contributed by atoms with Crippen molar-refractivity contribution < 1.29 is 9.59 Å². The topological polar surface area (TPSA) is 87.2 Å². The van der Waals surface area contributed by atoms with Crippen molar-refractivity contribution in [1.82, 2.24) is 20.2 Å². The first-order chi connectivity index (χ1) is 14.5. The number of rotatable bonds is 5. The fraction of sp³-hybridized carbons (Fsp3) is 0.273. The highest BCUT2D eigenvalue weighted by atomic mass is 32.1. The van der Waals surface area contributed by atoms with E-state index in [1.165, 1.54) is 17.4 Å². The average Bonchev–Trinajstić information content (AvgIpc) is 3.26. The zero-order chi connectivity index (χ0) is 21.1.